The molecule has 0 atom stereocenters. The Morgan fingerprint density at radius 1 is 1.00 bits per heavy atom. The third kappa shape index (κ3) is 4.29. The molecule has 1 aliphatic rings. The highest BCUT2D eigenvalue weighted by molar-refractivity contribution is 6.31. The summed E-state index contributed by atoms with van der Waals surface area (Å²) in [6.07, 6.45) is 0. The molecule has 29 heavy (non-hydrogen) atoms. The van der Waals surface area contributed by atoms with E-state index < -0.39 is 0 Å². The molecule has 1 aromatic heterocycles. The molecule has 0 fully saturated rings. The van der Waals surface area contributed by atoms with Gasteiger partial charge in [-0.15, -0.1) is 0 Å². The van der Waals surface area contributed by atoms with Crippen molar-refractivity contribution in [2.45, 2.75) is 6.54 Å². The Morgan fingerprint density at radius 3 is 2.59 bits per heavy atom. The Kier molecular flexibility index (Phi) is 5.84. The molecule has 0 saturated heterocycles. The number of ether oxygens (including phenoxy) is 2. The van der Waals surface area contributed by atoms with E-state index in [1.165, 1.54) is 0 Å². The quantitative estimate of drug-likeness (QED) is 0.514. The molecule has 0 amide bonds. The molecule has 0 saturated carbocycles. The van der Waals surface area contributed by atoms with Gasteiger partial charge in [0.1, 0.15) is 5.82 Å². The molecule has 3 N–H and O–H groups in total. The van der Waals surface area contributed by atoms with Crippen LogP contribution in [0.5, 0.6) is 11.5 Å². The molecular weight excluding hydrogens is 396 g/mol. The molecule has 0 aliphatic carbocycles. The van der Waals surface area contributed by atoms with Crippen molar-refractivity contribution >= 4 is 34.3 Å². The number of nitrogens with zero attached hydrogens (tertiary/aromatic N) is 3. The van der Waals surface area contributed by atoms with E-state index in [-0.39, 0.29) is 20.0 Å². The first-order chi connectivity index (χ1) is 14.2. The highest BCUT2D eigenvalue weighted by atomic mass is 35.5. The van der Waals surface area contributed by atoms with E-state index >= 15 is 0 Å². The largest absolute Gasteiger partial charge is 0.454 e. The average molecular weight is 417 g/mol. The molecule has 3 aromatic rings. The van der Waals surface area contributed by atoms with E-state index in [1.807, 2.05) is 30.3 Å². The van der Waals surface area contributed by atoms with E-state index in [0.717, 1.165) is 22.4 Å². The van der Waals surface area contributed by atoms with Gasteiger partial charge in [-0.25, -0.2) is 4.98 Å². The Hall–Kier alpha value is -2.81. The lowest BCUT2D eigenvalue weighted by Crippen LogP contribution is -2.31. The van der Waals surface area contributed by atoms with Gasteiger partial charge >= 0.3 is 0 Å². The Balaban J connectivity index is 1.66. The number of nitrogens with one attached hydrogen (secondary N) is 1. The summed E-state index contributed by atoms with van der Waals surface area (Å²) in [4.78, 5) is 10.9. The maximum absolute atomic E-state index is 9.34. The minimum Gasteiger partial charge on any atom is -0.454 e. The number of benzene rings is 2. The van der Waals surface area contributed by atoms with Crippen molar-refractivity contribution in [3.8, 4) is 11.5 Å². The number of aliphatic hydroxyl groups excluding tert-OH is 2. The van der Waals surface area contributed by atoms with Gasteiger partial charge in [-0.05, 0) is 35.9 Å². The van der Waals surface area contributed by atoms with Crippen molar-refractivity contribution in [2.24, 2.45) is 0 Å². The fourth-order valence-corrected chi connectivity index (χ4v) is 3.33. The van der Waals surface area contributed by atoms with Gasteiger partial charge in [0.05, 0.1) is 18.7 Å². The molecule has 1 aliphatic heterocycles. The van der Waals surface area contributed by atoms with Crippen molar-refractivity contribution in [3.05, 3.63) is 47.0 Å². The van der Waals surface area contributed by atoms with E-state index in [2.05, 4.69) is 15.3 Å². The predicted molar refractivity (Wildman–Crippen MR) is 111 cm³/mol. The molecule has 9 heteroatoms. The van der Waals surface area contributed by atoms with Crippen LogP contribution in [0, 0.1) is 0 Å². The van der Waals surface area contributed by atoms with Gasteiger partial charge in [-0.1, -0.05) is 17.7 Å². The predicted octanol–water partition coefficient (Wildman–Crippen LogP) is 2.42. The van der Waals surface area contributed by atoms with Crippen molar-refractivity contribution in [1.82, 2.24) is 9.97 Å². The summed E-state index contributed by atoms with van der Waals surface area (Å²) < 4.78 is 10.8. The second kappa shape index (κ2) is 8.69. The lowest BCUT2D eigenvalue weighted by Gasteiger charge is -2.22. The zero-order valence-corrected chi connectivity index (χ0v) is 16.4. The van der Waals surface area contributed by atoms with Crippen molar-refractivity contribution in [2.75, 3.05) is 43.3 Å². The number of hydrogen-bond donors (Lipinski definition) is 3. The zero-order chi connectivity index (χ0) is 20.2. The molecule has 4 rings (SSSR count). The van der Waals surface area contributed by atoms with E-state index in [0.29, 0.717) is 41.9 Å². The number of anilines is 2. The van der Waals surface area contributed by atoms with Crippen molar-refractivity contribution in [1.29, 1.82) is 0 Å². The lowest BCUT2D eigenvalue weighted by atomic mass is 10.2. The number of rotatable bonds is 8. The average Bonchev–Trinajstić information content (AvgIpc) is 3.19. The summed E-state index contributed by atoms with van der Waals surface area (Å²) in [6, 6.07) is 11.2. The first-order valence-corrected chi connectivity index (χ1v) is 9.62. The van der Waals surface area contributed by atoms with Crippen LogP contribution in [0.4, 0.5) is 11.8 Å². The van der Waals surface area contributed by atoms with E-state index in [9.17, 15) is 10.2 Å². The molecule has 0 unspecified atom stereocenters. The fourth-order valence-electron chi connectivity index (χ4n) is 3.15. The summed E-state index contributed by atoms with van der Waals surface area (Å²) in [6.45, 7) is 1.25. The van der Waals surface area contributed by atoms with Gasteiger partial charge < -0.3 is 29.9 Å². The number of aromatic nitrogens is 2. The SMILES string of the molecule is OCCN(CCO)c1nc(NCc2ccc3c(c2)OCO3)c2cc(Cl)ccc2n1. The molecule has 2 heterocycles. The second-order valence-corrected chi connectivity index (χ2v) is 6.95. The maximum Gasteiger partial charge on any atom is 0.231 e. The van der Waals surface area contributed by atoms with Crippen LogP contribution in [0.3, 0.4) is 0 Å². The van der Waals surface area contributed by atoms with Gasteiger partial charge in [-0.2, -0.15) is 4.98 Å². The van der Waals surface area contributed by atoms with Crippen molar-refractivity contribution in [3.63, 3.8) is 0 Å². The maximum atomic E-state index is 9.34. The normalized spacial score (nSPS) is 12.4. The Morgan fingerprint density at radius 2 is 1.79 bits per heavy atom. The summed E-state index contributed by atoms with van der Waals surface area (Å²) >= 11 is 6.18. The molecular formula is C20H21ClN4O4. The van der Waals surface area contributed by atoms with Gasteiger partial charge in [0, 0.05) is 30.0 Å². The van der Waals surface area contributed by atoms with Crippen molar-refractivity contribution < 1.29 is 19.7 Å². The zero-order valence-electron chi connectivity index (χ0n) is 15.6. The molecule has 0 spiro atoms. The van der Waals surface area contributed by atoms with Crippen LogP contribution in [-0.2, 0) is 6.54 Å². The van der Waals surface area contributed by atoms with Crippen LogP contribution < -0.4 is 19.7 Å². The third-order valence-corrected chi connectivity index (χ3v) is 4.80. The molecule has 0 bridgehead atoms. The van der Waals surface area contributed by atoms with E-state index in [1.54, 1.807) is 11.0 Å². The van der Waals surface area contributed by atoms with Crippen LogP contribution in [0.25, 0.3) is 10.9 Å². The van der Waals surface area contributed by atoms with Gasteiger partial charge in [0.25, 0.3) is 0 Å². The minimum atomic E-state index is -0.0675. The second-order valence-electron chi connectivity index (χ2n) is 6.51. The number of halogens is 1. The summed E-state index contributed by atoms with van der Waals surface area (Å²) in [5.74, 6) is 2.50. The smallest absolute Gasteiger partial charge is 0.231 e. The third-order valence-electron chi connectivity index (χ3n) is 4.57. The molecule has 8 nitrogen and oxygen atoms in total. The first kappa shape index (κ1) is 19.5. The standard InChI is InChI=1S/C20H21ClN4O4/c21-14-2-3-16-15(10-14)19(24-20(23-16)25(5-7-26)6-8-27)22-11-13-1-4-17-18(9-13)29-12-28-17/h1-4,9-10,26-27H,5-8,11-12H2,(H,22,23,24). The highest BCUT2D eigenvalue weighted by Gasteiger charge is 2.16. The molecule has 152 valence electrons. The summed E-state index contributed by atoms with van der Waals surface area (Å²) in [5.41, 5.74) is 1.72. The molecule has 2 aromatic carbocycles. The Labute approximate surface area is 172 Å². The number of fused-ring (bicyclic) bond motifs is 2. The monoisotopic (exact) mass is 416 g/mol. The summed E-state index contributed by atoms with van der Waals surface area (Å²) in [5, 5.41) is 23.4. The van der Waals surface area contributed by atoms with Gasteiger partial charge in [0.2, 0.25) is 12.7 Å². The highest BCUT2D eigenvalue weighted by Crippen LogP contribution is 2.33. The lowest BCUT2D eigenvalue weighted by molar-refractivity contribution is 0.174. The summed E-state index contributed by atoms with van der Waals surface area (Å²) in [7, 11) is 0. The topological polar surface area (TPSA) is 100.0 Å². The van der Waals surface area contributed by atoms with Gasteiger partial charge in [-0.3, -0.25) is 0 Å². The van der Waals surface area contributed by atoms with Gasteiger partial charge in [0.15, 0.2) is 11.5 Å². The van der Waals surface area contributed by atoms with Crippen LogP contribution in [0.15, 0.2) is 36.4 Å². The number of aliphatic hydroxyl groups is 2. The number of hydrogen-bond acceptors (Lipinski definition) is 8. The Bertz CT molecular complexity index is 1010. The molecule has 0 radical (unpaired) electrons. The van der Waals surface area contributed by atoms with E-state index in [4.69, 9.17) is 21.1 Å². The van der Waals surface area contributed by atoms with Crippen LogP contribution >= 0.6 is 11.6 Å². The fraction of sp³-hybridized carbons (Fsp3) is 0.300. The van der Waals surface area contributed by atoms with Crippen LogP contribution in [0.2, 0.25) is 5.02 Å². The van der Waals surface area contributed by atoms with Crippen LogP contribution in [-0.4, -0.2) is 53.3 Å². The van der Waals surface area contributed by atoms with Crippen LogP contribution in [0.1, 0.15) is 5.56 Å². The first-order valence-electron chi connectivity index (χ1n) is 9.24. The minimum absolute atomic E-state index is 0.0675.